The van der Waals surface area contributed by atoms with Gasteiger partial charge >= 0.3 is 0 Å². The molecule has 0 radical (unpaired) electrons. The Balaban J connectivity index is 0.964. The molecule has 10 aliphatic rings. The van der Waals surface area contributed by atoms with Crippen molar-refractivity contribution >= 4 is 40.4 Å². The highest BCUT2D eigenvalue weighted by Gasteiger charge is 2.37. The van der Waals surface area contributed by atoms with Crippen molar-refractivity contribution in [2.24, 2.45) is 29.6 Å². The molecule has 55 heavy (non-hydrogen) atoms. The summed E-state index contributed by atoms with van der Waals surface area (Å²) in [7, 11) is 0. The van der Waals surface area contributed by atoms with Crippen LogP contribution in [0.4, 0.5) is 0 Å². The van der Waals surface area contributed by atoms with Gasteiger partial charge in [0, 0.05) is 50.1 Å². The highest BCUT2D eigenvalue weighted by atomic mass is 32.2. The fourth-order valence-electron chi connectivity index (χ4n) is 11.0. The van der Waals surface area contributed by atoms with Gasteiger partial charge in [-0.25, -0.2) is 0 Å². The van der Waals surface area contributed by atoms with E-state index in [4.69, 9.17) is 0 Å². The molecule has 0 spiro atoms. The van der Waals surface area contributed by atoms with Gasteiger partial charge in [0.2, 0.25) is 0 Å². The predicted molar refractivity (Wildman–Crippen MR) is 236 cm³/mol. The lowest BCUT2D eigenvalue weighted by molar-refractivity contribution is 0.325. The van der Waals surface area contributed by atoms with Crippen molar-refractivity contribution in [3.63, 3.8) is 0 Å². The molecule has 0 amide bonds. The second kappa shape index (κ2) is 14.5. The molecule has 11 rings (SSSR count). The number of thioether (sulfide) groups is 1. The van der Waals surface area contributed by atoms with Crippen LogP contribution in [0, 0.1) is 29.6 Å². The molecule has 2 heterocycles. The van der Waals surface area contributed by atoms with E-state index in [9.17, 15) is 0 Å². The van der Waals surface area contributed by atoms with E-state index in [1.165, 1.54) is 49.6 Å². The van der Waals surface area contributed by atoms with Crippen LogP contribution in [-0.2, 0) is 6.42 Å². The lowest BCUT2D eigenvalue weighted by Crippen LogP contribution is -2.41. The van der Waals surface area contributed by atoms with Gasteiger partial charge in [0.05, 0.1) is 10.6 Å². The Hall–Kier alpha value is -4.05. The van der Waals surface area contributed by atoms with Gasteiger partial charge < -0.3 is 4.90 Å². The normalized spacial score (nSPS) is 32.4. The summed E-state index contributed by atoms with van der Waals surface area (Å²) in [5.74, 6) is 2.53. The van der Waals surface area contributed by atoms with Gasteiger partial charge in [-0.05, 0) is 116 Å². The zero-order chi connectivity index (χ0) is 36.3. The van der Waals surface area contributed by atoms with Crippen molar-refractivity contribution in [3.05, 3.63) is 181 Å². The van der Waals surface area contributed by atoms with Crippen molar-refractivity contribution in [3.8, 4) is 0 Å². The van der Waals surface area contributed by atoms with E-state index in [1.807, 2.05) is 0 Å². The molecule has 1 aromatic rings. The number of hydrogen-bond acceptors (Lipinski definition) is 3. The van der Waals surface area contributed by atoms with Crippen molar-refractivity contribution in [2.75, 3.05) is 0 Å². The predicted octanol–water partition coefficient (Wildman–Crippen LogP) is 11.8. The largest absolute Gasteiger partial charge is 0.337 e. The van der Waals surface area contributed by atoms with E-state index in [0.717, 1.165) is 57.8 Å². The molecule has 0 saturated carbocycles. The van der Waals surface area contributed by atoms with E-state index >= 15 is 0 Å². The number of nitrogens with zero attached hydrogens (tertiary/aromatic N) is 1. The van der Waals surface area contributed by atoms with Crippen LogP contribution in [0.1, 0.15) is 74.6 Å². The van der Waals surface area contributed by atoms with Crippen LogP contribution in [-0.4, -0.2) is 16.2 Å². The molecule has 0 fully saturated rings. The fourth-order valence-corrected chi connectivity index (χ4v) is 13.9. The molecule has 0 aromatic carbocycles. The molecule has 9 aliphatic carbocycles. The van der Waals surface area contributed by atoms with Crippen LogP contribution in [0.25, 0.3) is 17.3 Å². The Morgan fingerprint density at radius 2 is 1.62 bits per heavy atom. The van der Waals surface area contributed by atoms with Gasteiger partial charge in [-0.1, -0.05) is 133 Å². The summed E-state index contributed by atoms with van der Waals surface area (Å²) in [6.07, 6.45) is 66.6. The number of fused-ring (bicyclic) bond motifs is 6. The zero-order valence-corrected chi connectivity index (χ0v) is 33.4. The quantitative estimate of drug-likeness (QED) is 0.266. The van der Waals surface area contributed by atoms with Gasteiger partial charge in [0.25, 0.3) is 0 Å². The minimum absolute atomic E-state index is 0.327. The van der Waals surface area contributed by atoms with Gasteiger partial charge in [0.1, 0.15) is 0 Å². The zero-order valence-electron chi connectivity index (χ0n) is 31.8. The van der Waals surface area contributed by atoms with E-state index in [1.54, 1.807) is 27.6 Å². The monoisotopic (exact) mass is 753 g/mol. The van der Waals surface area contributed by atoms with Crippen LogP contribution < -0.4 is 9.75 Å². The average Bonchev–Trinajstić information content (AvgIpc) is 3.83. The van der Waals surface area contributed by atoms with Crippen LogP contribution in [0.5, 0.6) is 0 Å². The van der Waals surface area contributed by atoms with Crippen molar-refractivity contribution < 1.29 is 0 Å². The Morgan fingerprint density at radius 1 is 0.691 bits per heavy atom. The van der Waals surface area contributed by atoms with Gasteiger partial charge in [0.15, 0.2) is 0 Å². The third-order valence-electron chi connectivity index (χ3n) is 13.7. The number of hydrogen-bond donors (Lipinski definition) is 0. The molecule has 7 atom stereocenters. The molecule has 0 N–H and O–H groups in total. The second-order valence-corrected chi connectivity index (χ2v) is 19.1. The Bertz CT molecular complexity index is 2380. The molecule has 3 heteroatoms. The highest BCUT2D eigenvalue weighted by Crippen LogP contribution is 2.50. The molecule has 1 nitrogen and oxygen atoms in total. The summed E-state index contributed by atoms with van der Waals surface area (Å²) in [6.45, 7) is 0. The molecule has 1 aromatic heterocycles. The number of thiophene rings is 1. The smallest absolute Gasteiger partial charge is 0.0544 e. The molecular formula is C52H51NS2. The number of allylic oxidation sites excluding steroid dienone is 24. The third-order valence-corrected chi connectivity index (χ3v) is 16.4. The Morgan fingerprint density at radius 3 is 2.55 bits per heavy atom. The van der Waals surface area contributed by atoms with Gasteiger partial charge in [-0.15, -0.1) is 23.1 Å². The highest BCUT2D eigenvalue weighted by molar-refractivity contribution is 8.04. The molecule has 0 saturated heterocycles. The first-order chi connectivity index (χ1) is 27.3. The fraction of sp³-hybridized carbons (Fsp3) is 0.346. The van der Waals surface area contributed by atoms with Crippen LogP contribution in [0.2, 0.25) is 0 Å². The summed E-state index contributed by atoms with van der Waals surface area (Å²) in [5, 5.41) is 2.12. The SMILES string of the molecule is C1=CC2C=CC=C([C@H]3CC=CC(N(C4=CCC(C5=CC6C7=C(C=CCC7)SC6C=C5)C=C4)C4=c5sc6c(c5=CCC4)CCC=C6C4=CCCC=C4)C3)C2C=C1. The van der Waals surface area contributed by atoms with Crippen LogP contribution in [0.15, 0.2) is 160 Å². The first kappa shape index (κ1) is 34.2. The molecular weight excluding hydrogens is 703 g/mol. The van der Waals surface area contributed by atoms with Crippen LogP contribution in [0.3, 0.4) is 0 Å². The summed E-state index contributed by atoms with van der Waals surface area (Å²) >= 11 is 4.18. The first-order valence-electron chi connectivity index (χ1n) is 21.2. The maximum Gasteiger partial charge on any atom is 0.0544 e. The maximum atomic E-state index is 2.83. The summed E-state index contributed by atoms with van der Waals surface area (Å²) in [6, 6.07) is 0.327. The average molecular weight is 754 g/mol. The maximum absolute atomic E-state index is 2.83. The Kier molecular flexibility index (Phi) is 9.00. The third kappa shape index (κ3) is 6.12. The molecule has 1 aliphatic heterocycles. The van der Waals surface area contributed by atoms with E-state index < -0.39 is 0 Å². The topological polar surface area (TPSA) is 3.24 Å². The summed E-state index contributed by atoms with van der Waals surface area (Å²) in [4.78, 5) is 5.90. The Labute approximate surface area is 335 Å². The summed E-state index contributed by atoms with van der Waals surface area (Å²) < 4.78 is 1.53. The van der Waals surface area contributed by atoms with Crippen molar-refractivity contribution in [1.82, 2.24) is 4.90 Å². The molecule has 276 valence electrons. The molecule has 6 unspecified atom stereocenters. The minimum atomic E-state index is 0.327. The van der Waals surface area contributed by atoms with Gasteiger partial charge in [-0.2, -0.15) is 0 Å². The van der Waals surface area contributed by atoms with Gasteiger partial charge in [-0.3, -0.25) is 0 Å². The van der Waals surface area contributed by atoms with Crippen LogP contribution >= 0.6 is 23.1 Å². The van der Waals surface area contributed by atoms with Crippen molar-refractivity contribution in [1.29, 1.82) is 0 Å². The van der Waals surface area contributed by atoms with E-state index in [-0.39, 0.29) is 0 Å². The van der Waals surface area contributed by atoms with E-state index in [2.05, 4.69) is 162 Å². The second-order valence-electron chi connectivity index (χ2n) is 16.9. The van der Waals surface area contributed by atoms with Crippen molar-refractivity contribution in [2.45, 2.75) is 81.9 Å². The lowest BCUT2D eigenvalue weighted by atomic mass is 9.71. The number of rotatable bonds is 6. The standard InChI is InChI=1S/C52H51NS2/c1-2-12-36(13-3-1)43-21-10-22-45-46-23-11-24-48(52(46)55-51(43)45)53(40-17-8-16-38(32-40)42-20-9-15-35-14-4-5-18-41(35)42)39-29-26-34(27-30-39)37-28-31-50-47(33-37)44-19-6-7-25-49(44)54-50/h2,4-5,7-9,12-15,17-18,20-21,23,25-26,28-31,33-35,38,40-41,47,50H,1,3,6,10-11,16,19,22,24,27,32H2/t34?,35?,38-,40?,41?,47?,50?/m0/s1. The first-order valence-corrected chi connectivity index (χ1v) is 22.9. The van der Waals surface area contributed by atoms with E-state index in [0.29, 0.717) is 40.9 Å². The minimum Gasteiger partial charge on any atom is -0.337 e. The lowest BCUT2D eigenvalue weighted by Gasteiger charge is -2.41. The summed E-state index contributed by atoms with van der Waals surface area (Å²) in [5.41, 5.74) is 12.3. The molecule has 0 bridgehead atoms.